The molecule has 7 nitrogen and oxygen atoms in total. The zero-order valence-electron chi connectivity index (χ0n) is 22.9. The van der Waals surface area contributed by atoms with Gasteiger partial charge in [-0.2, -0.15) is 0 Å². The summed E-state index contributed by atoms with van der Waals surface area (Å²) in [4.78, 5) is 28.5. The maximum absolute atomic E-state index is 14.0. The van der Waals surface area contributed by atoms with Gasteiger partial charge in [-0.25, -0.2) is 8.42 Å². The van der Waals surface area contributed by atoms with Crippen molar-refractivity contribution in [1.29, 1.82) is 0 Å². The number of hydrogen-bond donors (Lipinski definition) is 1. The molecule has 3 aromatic rings. The fraction of sp³-hybridized carbons (Fsp3) is 0.310. The van der Waals surface area contributed by atoms with E-state index in [9.17, 15) is 18.0 Å². The molecule has 1 N–H and O–H groups in total. The first-order valence-electron chi connectivity index (χ1n) is 12.5. The molecule has 0 aliphatic carbocycles. The Morgan fingerprint density at radius 3 is 2.15 bits per heavy atom. The molecule has 11 heteroatoms. The van der Waals surface area contributed by atoms with Crippen molar-refractivity contribution in [3.05, 3.63) is 92.9 Å². The Morgan fingerprint density at radius 1 is 0.900 bits per heavy atom. The molecular weight excluding hydrogens is 593 g/mol. The van der Waals surface area contributed by atoms with Crippen LogP contribution in [0.15, 0.2) is 71.6 Å². The van der Waals surface area contributed by atoms with Gasteiger partial charge in [-0.05, 0) is 82.1 Å². The van der Waals surface area contributed by atoms with Gasteiger partial charge in [0.15, 0.2) is 0 Å². The van der Waals surface area contributed by atoms with Gasteiger partial charge < -0.3 is 10.2 Å². The lowest BCUT2D eigenvalue weighted by molar-refractivity contribution is -0.140. The normalized spacial score (nSPS) is 12.5. The second-order valence-electron chi connectivity index (χ2n) is 10.4. The summed E-state index contributed by atoms with van der Waals surface area (Å²) in [6, 6.07) is 16.6. The highest BCUT2D eigenvalue weighted by Crippen LogP contribution is 2.31. The van der Waals surface area contributed by atoms with E-state index in [0.717, 1.165) is 4.31 Å². The Morgan fingerprint density at radius 2 is 1.55 bits per heavy atom. The van der Waals surface area contributed by atoms with Crippen LogP contribution in [0.1, 0.15) is 38.8 Å². The summed E-state index contributed by atoms with van der Waals surface area (Å²) in [7, 11) is -4.19. The molecule has 0 bridgehead atoms. The van der Waals surface area contributed by atoms with E-state index in [1.807, 2.05) is 20.8 Å². The smallest absolute Gasteiger partial charge is 0.264 e. The number of carbonyl (C=O) groups is 2. The summed E-state index contributed by atoms with van der Waals surface area (Å²) in [5.74, 6) is -0.987. The summed E-state index contributed by atoms with van der Waals surface area (Å²) >= 11 is 18.6. The first-order valence-corrected chi connectivity index (χ1v) is 15.1. The Hall–Kier alpha value is -2.78. The quantitative estimate of drug-likeness (QED) is 0.295. The Kier molecular flexibility index (Phi) is 10.2. The van der Waals surface area contributed by atoms with E-state index in [0.29, 0.717) is 26.2 Å². The van der Waals surface area contributed by atoms with Crippen molar-refractivity contribution in [2.24, 2.45) is 0 Å². The molecule has 214 valence electrons. The van der Waals surface area contributed by atoms with Crippen molar-refractivity contribution in [2.75, 3.05) is 10.8 Å². The molecule has 0 spiro atoms. The van der Waals surface area contributed by atoms with E-state index in [4.69, 9.17) is 34.8 Å². The van der Waals surface area contributed by atoms with Crippen LogP contribution in [-0.4, -0.2) is 43.3 Å². The molecule has 40 heavy (non-hydrogen) atoms. The predicted octanol–water partition coefficient (Wildman–Crippen LogP) is 6.48. The van der Waals surface area contributed by atoms with Gasteiger partial charge in [-0.1, -0.05) is 65.1 Å². The number of sulfonamides is 1. The molecule has 0 saturated carbocycles. The van der Waals surface area contributed by atoms with Crippen molar-refractivity contribution in [3.63, 3.8) is 0 Å². The van der Waals surface area contributed by atoms with Gasteiger partial charge >= 0.3 is 0 Å². The molecule has 0 saturated heterocycles. The maximum atomic E-state index is 14.0. The number of amides is 2. The van der Waals surface area contributed by atoms with Gasteiger partial charge in [0, 0.05) is 17.1 Å². The van der Waals surface area contributed by atoms with Crippen LogP contribution in [-0.2, 0) is 26.2 Å². The topological polar surface area (TPSA) is 86.8 Å². The van der Waals surface area contributed by atoms with Crippen molar-refractivity contribution in [2.45, 2.75) is 57.6 Å². The number of nitrogens with one attached hydrogen (secondary N) is 1. The minimum Gasteiger partial charge on any atom is -0.350 e. The van der Waals surface area contributed by atoms with Gasteiger partial charge in [0.2, 0.25) is 11.8 Å². The highest BCUT2D eigenvalue weighted by molar-refractivity contribution is 7.92. The summed E-state index contributed by atoms with van der Waals surface area (Å²) in [6.45, 7) is 8.19. The van der Waals surface area contributed by atoms with E-state index in [2.05, 4.69) is 5.32 Å². The first kappa shape index (κ1) is 31.7. The second-order valence-corrected chi connectivity index (χ2v) is 13.5. The summed E-state index contributed by atoms with van der Waals surface area (Å²) in [5.41, 5.74) is 0.816. The van der Waals surface area contributed by atoms with E-state index >= 15 is 0 Å². The van der Waals surface area contributed by atoms with Crippen LogP contribution in [0.3, 0.4) is 0 Å². The summed E-state index contributed by atoms with van der Waals surface area (Å²) in [6.07, 6.45) is 0. The van der Waals surface area contributed by atoms with Crippen LogP contribution < -0.4 is 9.62 Å². The average Bonchev–Trinajstić information content (AvgIpc) is 2.88. The average molecular weight is 625 g/mol. The molecule has 0 aliphatic rings. The number of hydrogen-bond acceptors (Lipinski definition) is 4. The number of rotatable bonds is 9. The monoisotopic (exact) mass is 623 g/mol. The van der Waals surface area contributed by atoms with Crippen LogP contribution >= 0.6 is 34.8 Å². The zero-order chi connectivity index (χ0) is 29.8. The minimum absolute atomic E-state index is 0.0109. The van der Waals surface area contributed by atoms with E-state index < -0.39 is 40.0 Å². The number of halogens is 3. The minimum atomic E-state index is -4.19. The lowest BCUT2D eigenvalue weighted by Gasteiger charge is -2.34. The largest absolute Gasteiger partial charge is 0.350 e. The first-order chi connectivity index (χ1) is 18.6. The third-order valence-electron chi connectivity index (χ3n) is 6.12. The number of benzene rings is 3. The van der Waals surface area contributed by atoms with Crippen molar-refractivity contribution in [3.8, 4) is 0 Å². The zero-order valence-corrected chi connectivity index (χ0v) is 26.0. The Bertz CT molecular complexity index is 1490. The Balaban J connectivity index is 2.08. The molecule has 0 radical (unpaired) electrons. The lowest BCUT2D eigenvalue weighted by Crippen LogP contribution is -2.54. The molecule has 1 atom stereocenters. The highest BCUT2D eigenvalue weighted by Gasteiger charge is 2.34. The fourth-order valence-corrected chi connectivity index (χ4v) is 5.97. The van der Waals surface area contributed by atoms with E-state index in [-0.39, 0.29) is 17.1 Å². The molecule has 0 fully saturated rings. The molecule has 3 rings (SSSR count). The van der Waals surface area contributed by atoms with Gasteiger partial charge in [0.25, 0.3) is 10.0 Å². The number of nitrogens with zero attached hydrogens (tertiary/aromatic N) is 2. The predicted molar refractivity (Wildman–Crippen MR) is 162 cm³/mol. The second kappa shape index (κ2) is 12.8. The number of carbonyl (C=O) groups excluding carboxylic acids is 2. The third kappa shape index (κ3) is 7.69. The SMILES string of the molecule is Cc1c(Cl)cccc1N(CC(=O)N(Cc1ccc(Cl)c(Cl)c1)[C@@H](C)C(=O)NC(C)(C)C)S(=O)(=O)c1ccccc1. The summed E-state index contributed by atoms with van der Waals surface area (Å²) in [5, 5.41) is 3.88. The van der Waals surface area contributed by atoms with Crippen molar-refractivity contribution >= 4 is 62.3 Å². The van der Waals surface area contributed by atoms with Crippen LogP contribution in [0, 0.1) is 6.92 Å². The summed E-state index contributed by atoms with van der Waals surface area (Å²) < 4.78 is 28.8. The fourth-order valence-electron chi connectivity index (χ4n) is 3.99. The van der Waals surface area contributed by atoms with Crippen LogP contribution in [0.25, 0.3) is 0 Å². The van der Waals surface area contributed by atoms with Gasteiger partial charge in [-0.15, -0.1) is 0 Å². The van der Waals surface area contributed by atoms with E-state index in [1.54, 1.807) is 68.4 Å². The van der Waals surface area contributed by atoms with Crippen molar-refractivity contribution in [1.82, 2.24) is 10.2 Å². The van der Waals surface area contributed by atoms with E-state index in [1.165, 1.54) is 17.0 Å². The molecular formula is C29H32Cl3N3O4S. The molecule has 0 unspecified atom stereocenters. The Labute approximate surface area is 251 Å². The molecule has 3 aromatic carbocycles. The molecule has 0 heterocycles. The maximum Gasteiger partial charge on any atom is 0.264 e. The van der Waals surface area contributed by atoms with Crippen LogP contribution in [0.2, 0.25) is 15.1 Å². The van der Waals surface area contributed by atoms with Gasteiger partial charge in [-0.3, -0.25) is 13.9 Å². The standard InChI is InChI=1S/C29H32Cl3N3O4S/c1-19-23(30)12-9-13-26(19)35(40(38,39)22-10-7-6-8-11-22)18-27(36)34(20(2)28(37)33-29(3,4)5)17-21-14-15-24(31)25(32)16-21/h6-16,20H,17-18H2,1-5H3,(H,33,37)/t20-/m0/s1. The highest BCUT2D eigenvalue weighted by atomic mass is 35.5. The van der Waals surface area contributed by atoms with Crippen LogP contribution in [0.5, 0.6) is 0 Å². The number of anilines is 1. The van der Waals surface area contributed by atoms with Gasteiger partial charge in [0.1, 0.15) is 12.6 Å². The lowest BCUT2D eigenvalue weighted by atomic mass is 10.1. The molecule has 0 aliphatic heterocycles. The molecule has 0 aromatic heterocycles. The third-order valence-corrected chi connectivity index (χ3v) is 9.04. The molecule has 2 amide bonds. The van der Waals surface area contributed by atoms with Crippen LogP contribution in [0.4, 0.5) is 5.69 Å². The van der Waals surface area contributed by atoms with Gasteiger partial charge in [0.05, 0.1) is 20.6 Å². The van der Waals surface area contributed by atoms with Crippen molar-refractivity contribution < 1.29 is 18.0 Å².